The van der Waals surface area contributed by atoms with E-state index in [9.17, 15) is 0 Å². The number of hydrogen-bond acceptors (Lipinski definition) is 5. The molecule has 0 fully saturated rings. The number of nitrogens with zero attached hydrogens (tertiary/aromatic N) is 2. The first kappa shape index (κ1) is 13.3. The lowest BCUT2D eigenvalue weighted by Gasteiger charge is -1.99. The molecule has 0 amide bonds. The first-order chi connectivity index (χ1) is 7.43. The second-order valence-electron chi connectivity index (χ2n) is 3.38. The average molecular weight is 262 g/mol. The van der Waals surface area contributed by atoms with Crippen molar-refractivity contribution >= 4 is 32.9 Å². The zero-order valence-corrected chi connectivity index (χ0v) is 11.6. The van der Waals surface area contributed by atoms with Gasteiger partial charge in [-0.1, -0.05) is 61.2 Å². The molecule has 0 aliphatic carbocycles. The topological polar surface area (TPSA) is 25.8 Å². The van der Waals surface area contributed by atoms with Crippen LogP contribution in [-0.2, 0) is 0 Å². The van der Waals surface area contributed by atoms with Gasteiger partial charge in [0, 0.05) is 5.75 Å². The lowest BCUT2D eigenvalue weighted by atomic mass is 10.1. The molecule has 0 spiro atoms. The van der Waals surface area contributed by atoms with E-state index in [1.807, 2.05) is 10.8 Å². The maximum Gasteiger partial charge on any atom is 0.184 e. The predicted octanol–water partition coefficient (Wildman–Crippen LogP) is 4.64. The van der Waals surface area contributed by atoms with Crippen LogP contribution in [0.2, 0.25) is 0 Å². The van der Waals surface area contributed by atoms with Gasteiger partial charge in [-0.15, -0.1) is 10.2 Å². The molecular weight excluding hydrogens is 244 g/mol. The van der Waals surface area contributed by atoms with E-state index < -0.39 is 0 Å². The Labute approximate surface area is 104 Å². The zero-order valence-electron chi connectivity index (χ0n) is 9.15. The molecule has 0 aromatic carbocycles. The lowest BCUT2D eigenvalue weighted by molar-refractivity contribution is 0.627. The van der Waals surface area contributed by atoms with Gasteiger partial charge in [0.05, 0.1) is 0 Å². The standard InChI is InChI=1S/C10H18N2S3/c1-2-3-4-5-6-7-8-14-15-10-12-11-9-13-10/h9H,2-8H2,1H3. The summed E-state index contributed by atoms with van der Waals surface area (Å²) in [5, 5.41) is 7.79. The van der Waals surface area contributed by atoms with Crippen molar-refractivity contribution in [2.24, 2.45) is 0 Å². The fourth-order valence-electron chi connectivity index (χ4n) is 1.23. The Morgan fingerprint density at radius 2 is 2.00 bits per heavy atom. The van der Waals surface area contributed by atoms with Gasteiger partial charge in [0.15, 0.2) is 4.34 Å². The van der Waals surface area contributed by atoms with Crippen LogP contribution in [0.25, 0.3) is 0 Å². The summed E-state index contributed by atoms with van der Waals surface area (Å²) in [6.07, 6.45) is 8.25. The van der Waals surface area contributed by atoms with Gasteiger partial charge in [-0.25, -0.2) is 0 Å². The molecule has 15 heavy (non-hydrogen) atoms. The smallest absolute Gasteiger partial charge is 0.146 e. The van der Waals surface area contributed by atoms with Crippen LogP contribution in [0.4, 0.5) is 0 Å². The highest BCUT2D eigenvalue weighted by molar-refractivity contribution is 8.77. The van der Waals surface area contributed by atoms with E-state index in [0.717, 1.165) is 4.34 Å². The first-order valence-electron chi connectivity index (χ1n) is 5.49. The number of aromatic nitrogens is 2. The summed E-state index contributed by atoms with van der Waals surface area (Å²) in [6.45, 7) is 2.26. The van der Waals surface area contributed by atoms with Crippen LogP contribution in [0.1, 0.15) is 45.4 Å². The van der Waals surface area contributed by atoms with Crippen LogP contribution in [0.5, 0.6) is 0 Å². The molecule has 0 aliphatic rings. The maximum atomic E-state index is 3.99. The normalized spacial score (nSPS) is 10.7. The van der Waals surface area contributed by atoms with Gasteiger partial charge in [-0.2, -0.15) is 0 Å². The minimum Gasteiger partial charge on any atom is -0.146 e. The summed E-state index contributed by atoms with van der Waals surface area (Å²) >= 11 is 1.62. The molecule has 0 bridgehead atoms. The molecular formula is C10H18N2S3. The van der Waals surface area contributed by atoms with Crippen molar-refractivity contribution in [1.82, 2.24) is 10.2 Å². The highest BCUT2D eigenvalue weighted by atomic mass is 33.1. The fourth-order valence-corrected chi connectivity index (χ4v) is 4.18. The minimum atomic E-state index is 1.07. The third-order valence-electron chi connectivity index (χ3n) is 2.05. The van der Waals surface area contributed by atoms with Gasteiger partial charge < -0.3 is 0 Å². The third-order valence-corrected chi connectivity index (χ3v) is 5.51. The molecule has 0 atom stereocenters. The van der Waals surface area contributed by atoms with Crippen LogP contribution in [-0.4, -0.2) is 16.0 Å². The van der Waals surface area contributed by atoms with E-state index in [0.29, 0.717) is 0 Å². The monoisotopic (exact) mass is 262 g/mol. The number of rotatable bonds is 9. The van der Waals surface area contributed by atoms with Crippen LogP contribution >= 0.6 is 32.9 Å². The Bertz CT molecular complexity index is 227. The van der Waals surface area contributed by atoms with Crippen molar-refractivity contribution in [3.63, 3.8) is 0 Å². The van der Waals surface area contributed by atoms with E-state index in [1.54, 1.807) is 27.6 Å². The molecule has 2 nitrogen and oxygen atoms in total. The zero-order chi connectivity index (χ0) is 10.8. The average Bonchev–Trinajstić information content (AvgIpc) is 2.75. The Kier molecular flexibility index (Phi) is 8.42. The van der Waals surface area contributed by atoms with Crippen LogP contribution in [0, 0.1) is 0 Å². The maximum absolute atomic E-state index is 3.99. The van der Waals surface area contributed by atoms with Gasteiger partial charge >= 0.3 is 0 Å². The van der Waals surface area contributed by atoms with E-state index in [4.69, 9.17) is 0 Å². The molecule has 1 heterocycles. The molecule has 5 heteroatoms. The molecule has 1 aromatic heterocycles. The summed E-state index contributed by atoms with van der Waals surface area (Å²) in [5.74, 6) is 1.23. The largest absolute Gasteiger partial charge is 0.184 e. The van der Waals surface area contributed by atoms with Crippen molar-refractivity contribution in [2.45, 2.75) is 49.8 Å². The molecule has 0 N–H and O–H groups in total. The van der Waals surface area contributed by atoms with Crippen LogP contribution in [0.15, 0.2) is 9.85 Å². The SMILES string of the molecule is CCCCCCCCSSc1nncs1. The van der Waals surface area contributed by atoms with E-state index in [2.05, 4.69) is 17.1 Å². The molecule has 0 saturated carbocycles. The minimum absolute atomic E-state index is 1.07. The van der Waals surface area contributed by atoms with Gasteiger partial charge in [-0.3, -0.25) is 0 Å². The molecule has 1 aromatic rings. The number of unbranched alkanes of at least 4 members (excludes halogenated alkanes) is 5. The van der Waals surface area contributed by atoms with E-state index >= 15 is 0 Å². The van der Waals surface area contributed by atoms with Crippen molar-refractivity contribution < 1.29 is 0 Å². The molecule has 0 saturated heterocycles. The molecule has 1 rings (SSSR count). The summed E-state index contributed by atoms with van der Waals surface area (Å²) in [7, 11) is 3.66. The Hall–Kier alpha value is 0.260. The van der Waals surface area contributed by atoms with Crippen molar-refractivity contribution in [2.75, 3.05) is 5.75 Å². The fraction of sp³-hybridized carbons (Fsp3) is 0.800. The van der Waals surface area contributed by atoms with Crippen LogP contribution in [0.3, 0.4) is 0 Å². The molecule has 0 unspecified atom stereocenters. The second kappa shape index (κ2) is 9.48. The molecule has 0 aliphatic heterocycles. The second-order valence-corrected chi connectivity index (χ2v) is 6.87. The van der Waals surface area contributed by atoms with Crippen LogP contribution < -0.4 is 0 Å². The predicted molar refractivity (Wildman–Crippen MR) is 71.6 cm³/mol. The summed E-state index contributed by atoms with van der Waals surface area (Å²) in [5.41, 5.74) is 1.79. The molecule has 0 radical (unpaired) electrons. The molecule has 86 valence electrons. The van der Waals surface area contributed by atoms with Gasteiger partial charge in [-0.05, 0) is 17.2 Å². The van der Waals surface area contributed by atoms with Crippen molar-refractivity contribution in [1.29, 1.82) is 0 Å². The highest BCUT2D eigenvalue weighted by Gasteiger charge is 1.97. The highest BCUT2D eigenvalue weighted by Crippen LogP contribution is 2.32. The summed E-state index contributed by atoms with van der Waals surface area (Å²) in [4.78, 5) is 0. The Balaban J connectivity index is 1.81. The lowest BCUT2D eigenvalue weighted by Crippen LogP contribution is -1.80. The quantitative estimate of drug-likeness (QED) is 0.478. The first-order valence-corrected chi connectivity index (χ1v) is 8.69. The van der Waals surface area contributed by atoms with E-state index in [-0.39, 0.29) is 0 Å². The Morgan fingerprint density at radius 3 is 2.73 bits per heavy atom. The number of hydrogen-bond donors (Lipinski definition) is 0. The van der Waals surface area contributed by atoms with Gasteiger partial charge in [0.25, 0.3) is 0 Å². The summed E-state index contributed by atoms with van der Waals surface area (Å²) < 4.78 is 1.07. The van der Waals surface area contributed by atoms with Gasteiger partial charge in [0.1, 0.15) is 5.51 Å². The third kappa shape index (κ3) is 7.19. The Morgan fingerprint density at radius 1 is 1.20 bits per heavy atom. The van der Waals surface area contributed by atoms with Crippen molar-refractivity contribution in [3.8, 4) is 0 Å². The summed E-state index contributed by atoms with van der Waals surface area (Å²) in [6, 6.07) is 0. The van der Waals surface area contributed by atoms with E-state index in [1.165, 1.54) is 44.3 Å². The van der Waals surface area contributed by atoms with Crippen molar-refractivity contribution in [3.05, 3.63) is 5.51 Å². The van der Waals surface area contributed by atoms with Gasteiger partial charge in [0.2, 0.25) is 0 Å².